The highest BCUT2D eigenvalue weighted by molar-refractivity contribution is 9.10. The van der Waals surface area contributed by atoms with Crippen LogP contribution in [0.25, 0.3) is 11.8 Å². The first-order valence-corrected chi connectivity index (χ1v) is 12.5. The number of ether oxygens (including phenoxy) is 1. The van der Waals surface area contributed by atoms with Gasteiger partial charge in [0, 0.05) is 21.5 Å². The van der Waals surface area contributed by atoms with E-state index in [1.807, 2.05) is 75.4 Å². The molecule has 0 unspecified atom stereocenters. The molecule has 35 heavy (non-hydrogen) atoms. The summed E-state index contributed by atoms with van der Waals surface area (Å²) in [4.78, 5) is 17.1. The molecule has 2 aliphatic heterocycles. The fourth-order valence-electron chi connectivity index (χ4n) is 4.02. The summed E-state index contributed by atoms with van der Waals surface area (Å²) in [5.41, 5.74) is 5.11. The third-order valence-electron chi connectivity index (χ3n) is 5.80. The van der Waals surface area contributed by atoms with E-state index >= 15 is 0 Å². The molecular formula is C26H22BrN5O2S. The van der Waals surface area contributed by atoms with Crippen LogP contribution in [0, 0.1) is 26.2 Å². The molecule has 0 spiro atoms. The maximum absolute atomic E-state index is 12.9. The quantitative estimate of drug-likeness (QED) is 0.405. The van der Waals surface area contributed by atoms with Crippen molar-refractivity contribution in [1.82, 2.24) is 9.58 Å². The van der Waals surface area contributed by atoms with Gasteiger partial charge in [-0.05, 0) is 86.1 Å². The molecule has 2 aliphatic rings. The number of benzene rings is 2. The molecule has 0 fully saturated rings. The number of aromatic nitrogens is 1. The number of amidine groups is 2. The molecule has 5 rings (SSSR count). The SMILES string of the molecule is Cc1ccccc1OCC1=NN2C(=N)/C(=C/c3cc(C)n(-c4ccc(Br)cc4)c3C)C(=O)N=C2S1. The second kappa shape index (κ2) is 9.31. The molecular weight excluding hydrogens is 526 g/mol. The second-order valence-corrected chi connectivity index (χ2v) is 10.2. The fraction of sp³-hybridized carbons (Fsp3) is 0.154. The van der Waals surface area contributed by atoms with Gasteiger partial charge in [0.1, 0.15) is 17.4 Å². The average Bonchev–Trinajstić information content (AvgIpc) is 3.36. The number of carbonyl (C=O) groups excluding carboxylic acids is 1. The van der Waals surface area contributed by atoms with Gasteiger partial charge in [0.15, 0.2) is 5.84 Å². The van der Waals surface area contributed by atoms with Crippen molar-refractivity contribution in [1.29, 1.82) is 5.41 Å². The number of aliphatic imine (C=N–C) groups is 1. The Hall–Kier alpha value is -3.43. The fourth-order valence-corrected chi connectivity index (χ4v) is 5.09. The van der Waals surface area contributed by atoms with Crippen LogP contribution in [0.2, 0.25) is 0 Å². The minimum absolute atomic E-state index is 0.00633. The summed E-state index contributed by atoms with van der Waals surface area (Å²) >= 11 is 4.72. The van der Waals surface area contributed by atoms with Crippen molar-refractivity contribution in [2.75, 3.05) is 6.61 Å². The molecule has 0 aliphatic carbocycles. The lowest BCUT2D eigenvalue weighted by Crippen LogP contribution is -2.35. The number of aryl methyl sites for hydroxylation is 2. The highest BCUT2D eigenvalue weighted by Gasteiger charge is 2.36. The van der Waals surface area contributed by atoms with Crippen LogP contribution in [0.4, 0.5) is 0 Å². The van der Waals surface area contributed by atoms with E-state index in [0.29, 0.717) is 10.2 Å². The molecule has 0 bridgehead atoms. The average molecular weight is 548 g/mol. The van der Waals surface area contributed by atoms with Crippen LogP contribution >= 0.6 is 27.7 Å². The van der Waals surface area contributed by atoms with E-state index in [4.69, 9.17) is 10.1 Å². The van der Waals surface area contributed by atoms with Gasteiger partial charge >= 0.3 is 0 Å². The number of rotatable bonds is 5. The molecule has 3 heterocycles. The van der Waals surface area contributed by atoms with Gasteiger partial charge in [-0.25, -0.2) is 0 Å². The molecule has 3 aromatic rings. The molecule has 0 radical (unpaired) electrons. The Balaban J connectivity index is 1.40. The van der Waals surface area contributed by atoms with E-state index in [1.54, 1.807) is 6.08 Å². The molecule has 2 aromatic carbocycles. The van der Waals surface area contributed by atoms with Gasteiger partial charge in [0.05, 0.1) is 5.57 Å². The van der Waals surface area contributed by atoms with Crippen LogP contribution in [-0.2, 0) is 4.79 Å². The van der Waals surface area contributed by atoms with Gasteiger partial charge in [-0.3, -0.25) is 10.2 Å². The summed E-state index contributed by atoms with van der Waals surface area (Å²) in [6.45, 7) is 6.23. The Bertz CT molecular complexity index is 1450. The third-order valence-corrected chi connectivity index (χ3v) is 7.21. The predicted octanol–water partition coefficient (Wildman–Crippen LogP) is 5.86. The lowest BCUT2D eigenvalue weighted by molar-refractivity contribution is -0.114. The highest BCUT2D eigenvalue weighted by Crippen LogP contribution is 2.30. The molecule has 176 valence electrons. The zero-order chi connectivity index (χ0) is 24.7. The molecule has 1 N–H and O–H groups in total. The summed E-state index contributed by atoms with van der Waals surface area (Å²) in [5.74, 6) is 0.334. The van der Waals surface area contributed by atoms with Crippen molar-refractivity contribution in [2.24, 2.45) is 10.1 Å². The zero-order valence-corrected chi connectivity index (χ0v) is 21.8. The van der Waals surface area contributed by atoms with Crippen LogP contribution < -0.4 is 4.74 Å². The highest BCUT2D eigenvalue weighted by atomic mass is 79.9. The number of fused-ring (bicyclic) bond motifs is 1. The number of nitrogens with one attached hydrogen (secondary N) is 1. The first-order valence-electron chi connectivity index (χ1n) is 10.9. The van der Waals surface area contributed by atoms with E-state index in [2.05, 4.69) is 30.6 Å². The molecule has 1 amide bonds. The van der Waals surface area contributed by atoms with Gasteiger partial charge in [0.2, 0.25) is 5.17 Å². The molecule has 0 saturated carbocycles. The minimum atomic E-state index is -0.446. The molecule has 0 atom stereocenters. The van der Waals surface area contributed by atoms with E-state index in [0.717, 1.165) is 38.4 Å². The molecule has 7 nitrogen and oxygen atoms in total. The number of hydrogen-bond donors (Lipinski definition) is 1. The minimum Gasteiger partial charge on any atom is -0.486 e. The lowest BCUT2D eigenvalue weighted by Gasteiger charge is -2.20. The smallest absolute Gasteiger partial charge is 0.283 e. The Morgan fingerprint density at radius 3 is 2.60 bits per heavy atom. The summed E-state index contributed by atoms with van der Waals surface area (Å²) in [6, 6.07) is 17.8. The van der Waals surface area contributed by atoms with Crippen molar-refractivity contribution in [2.45, 2.75) is 20.8 Å². The van der Waals surface area contributed by atoms with Crippen molar-refractivity contribution in [3.05, 3.63) is 87.2 Å². The van der Waals surface area contributed by atoms with Crippen molar-refractivity contribution < 1.29 is 9.53 Å². The monoisotopic (exact) mass is 547 g/mol. The van der Waals surface area contributed by atoms with Crippen LogP contribution in [0.1, 0.15) is 22.5 Å². The summed E-state index contributed by atoms with van der Waals surface area (Å²) in [5, 5.41) is 15.6. The van der Waals surface area contributed by atoms with E-state index in [-0.39, 0.29) is 18.0 Å². The first-order chi connectivity index (χ1) is 16.8. The maximum Gasteiger partial charge on any atom is 0.283 e. The number of para-hydroxylation sites is 1. The Labute approximate surface area is 215 Å². The largest absolute Gasteiger partial charge is 0.486 e. The van der Waals surface area contributed by atoms with Gasteiger partial charge in [-0.15, -0.1) is 0 Å². The lowest BCUT2D eigenvalue weighted by atomic mass is 10.1. The van der Waals surface area contributed by atoms with Gasteiger partial charge in [0.25, 0.3) is 5.91 Å². The third kappa shape index (κ3) is 4.49. The van der Waals surface area contributed by atoms with Gasteiger partial charge in [-0.1, -0.05) is 34.1 Å². The Kier molecular flexibility index (Phi) is 6.21. The van der Waals surface area contributed by atoms with Crippen LogP contribution in [0.3, 0.4) is 0 Å². The number of nitrogens with zero attached hydrogens (tertiary/aromatic N) is 4. The summed E-state index contributed by atoms with van der Waals surface area (Å²) < 4.78 is 9.01. The number of hydrogen-bond acceptors (Lipinski definition) is 5. The summed E-state index contributed by atoms with van der Waals surface area (Å²) in [7, 11) is 0. The second-order valence-electron chi connectivity index (χ2n) is 8.21. The molecule has 0 saturated heterocycles. The molecule has 9 heteroatoms. The number of amides is 1. The van der Waals surface area contributed by atoms with E-state index in [9.17, 15) is 4.79 Å². The molecule has 1 aromatic heterocycles. The first kappa shape index (κ1) is 23.3. The summed E-state index contributed by atoms with van der Waals surface area (Å²) in [6.07, 6.45) is 1.73. The van der Waals surface area contributed by atoms with Crippen molar-refractivity contribution >= 4 is 55.7 Å². The number of hydrazone groups is 1. The zero-order valence-electron chi connectivity index (χ0n) is 19.4. The van der Waals surface area contributed by atoms with E-state index in [1.165, 1.54) is 16.8 Å². The number of carbonyl (C=O) groups is 1. The Morgan fingerprint density at radius 1 is 1.11 bits per heavy atom. The normalized spacial score (nSPS) is 16.5. The van der Waals surface area contributed by atoms with Crippen molar-refractivity contribution in [3.8, 4) is 11.4 Å². The van der Waals surface area contributed by atoms with Crippen LogP contribution in [0.5, 0.6) is 5.75 Å². The predicted molar refractivity (Wildman–Crippen MR) is 145 cm³/mol. The Morgan fingerprint density at radius 2 is 1.86 bits per heavy atom. The van der Waals surface area contributed by atoms with Crippen LogP contribution in [-0.4, -0.2) is 38.1 Å². The standard InChI is InChI=1S/C26H22BrN5O2S/c1-15-6-4-5-7-22(15)34-14-23-30-32-24(28)21(25(33)29-26(32)35-23)13-18-12-16(2)31(17(18)3)20-10-8-19(27)9-11-20/h4-13,28H,14H2,1-3H3/b21-13-,28-24?. The number of thioether (sulfide) groups is 1. The van der Waals surface area contributed by atoms with Gasteiger partial charge < -0.3 is 9.30 Å². The van der Waals surface area contributed by atoms with Crippen molar-refractivity contribution in [3.63, 3.8) is 0 Å². The van der Waals surface area contributed by atoms with E-state index < -0.39 is 5.91 Å². The van der Waals surface area contributed by atoms with Gasteiger partial charge in [-0.2, -0.15) is 15.1 Å². The van der Waals surface area contributed by atoms with Crippen LogP contribution in [0.15, 0.2) is 74.7 Å². The topological polar surface area (TPSA) is 83.0 Å². The number of halogens is 1. The maximum atomic E-state index is 12.9.